The van der Waals surface area contributed by atoms with Gasteiger partial charge in [0.15, 0.2) is 0 Å². The fourth-order valence-electron chi connectivity index (χ4n) is 4.36. The average molecular weight is 505 g/mol. The Morgan fingerprint density at radius 1 is 0.861 bits per heavy atom. The van der Waals surface area contributed by atoms with Crippen LogP contribution in [0.2, 0.25) is 0 Å². The standard InChI is InChI=1S/C28H32N4O3S/c1-4-31(5-2)19-20-32(36(3,34)35)23-17-15-22(16-18-23)29-27(21-11-7-6-8-12-21)26-24-13-9-10-14-25(24)30-28(26)33/h6-18,29H,4-5,19-20H2,1-3H3,(H,30,33). The third-order valence-corrected chi connectivity index (χ3v) is 7.52. The number of rotatable bonds is 10. The van der Waals surface area contributed by atoms with E-state index in [0.717, 1.165) is 35.6 Å². The number of hydrogen-bond acceptors (Lipinski definition) is 5. The van der Waals surface area contributed by atoms with Gasteiger partial charge in [-0.15, -0.1) is 0 Å². The number of amides is 1. The van der Waals surface area contributed by atoms with Crippen molar-refractivity contribution >= 4 is 44.3 Å². The van der Waals surface area contributed by atoms with Crippen LogP contribution in [0.5, 0.6) is 0 Å². The zero-order chi connectivity index (χ0) is 25.7. The minimum atomic E-state index is -3.44. The van der Waals surface area contributed by atoms with Gasteiger partial charge < -0.3 is 15.5 Å². The second-order valence-corrected chi connectivity index (χ2v) is 10.6. The van der Waals surface area contributed by atoms with Crippen molar-refractivity contribution in [3.05, 3.63) is 90.0 Å². The van der Waals surface area contributed by atoms with E-state index in [-0.39, 0.29) is 5.91 Å². The lowest BCUT2D eigenvalue weighted by molar-refractivity contribution is -0.110. The van der Waals surface area contributed by atoms with Crippen molar-refractivity contribution in [3.63, 3.8) is 0 Å². The first-order valence-electron chi connectivity index (χ1n) is 12.1. The van der Waals surface area contributed by atoms with Crippen LogP contribution in [0.4, 0.5) is 17.1 Å². The lowest BCUT2D eigenvalue weighted by atomic mass is 10.00. The van der Waals surface area contributed by atoms with E-state index in [2.05, 4.69) is 29.4 Å². The number of likely N-dealkylation sites (N-methyl/N-ethyl adjacent to an activating group) is 1. The van der Waals surface area contributed by atoms with Crippen LogP contribution in [0.25, 0.3) is 11.3 Å². The lowest BCUT2D eigenvalue weighted by Crippen LogP contribution is -2.38. The van der Waals surface area contributed by atoms with Gasteiger partial charge in [0.1, 0.15) is 0 Å². The Morgan fingerprint density at radius 2 is 1.50 bits per heavy atom. The van der Waals surface area contributed by atoms with Gasteiger partial charge in [0.2, 0.25) is 10.0 Å². The number of benzene rings is 3. The monoisotopic (exact) mass is 504 g/mol. The maximum atomic E-state index is 13.0. The molecule has 0 aliphatic carbocycles. The van der Waals surface area contributed by atoms with Gasteiger partial charge >= 0.3 is 0 Å². The van der Waals surface area contributed by atoms with Crippen molar-refractivity contribution in [1.29, 1.82) is 0 Å². The number of carbonyl (C=O) groups excluding carboxylic acids is 1. The van der Waals surface area contributed by atoms with Gasteiger partial charge in [-0.2, -0.15) is 0 Å². The van der Waals surface area contributed by atoms with E-state index in [0.29, 0.717) is 30.0 Å². The first-order chi connectivity index (χ1) is 17.3. The number of fused-ring (bicyclic) bond motifs is 1. The fraction of sp³-hybridized carbons (Fsp3) is 0.250. The van der Waals surface area contributed by atoms with E-state index in [9.17, 15) is 13.2 Å². The van der Waals surface area contributed by atoms with Gasteiger partial charge in [-0.05, 0) is 49.0 Å². The van der Waals surface area contributed by atoms with Gasteiger partial charge in [0, 0.05) is 30.0 Å². The molecular weight excluding hydrogens is 472 g/mol. The van der Waals surface area contributed by atoms with Crippen LogP contribution < -0.4 is 14.9 Å². The Bertz CT molecular complexity index is 1350. The second kappa shape index (κ2) is 11.0. The molecule has 3 aromatic carbocycles. The topological polar surface area (TPSA) is 81.8 Å². The normalized spacial score (nSPS) is 14.4. The van der Waals surface area contributed by atoms with E-state index in [1.165, 1.54) is 10.6 Å². The molecule has 188 valence electrons. The predicted octanol–water partition coefficient (Wildman–Crippen LogP) is 4.73. The molecule has 2 N–H and O–H groups in total. The van der Waals surface area contributed by atoms with Crippen molar-refractivity contribution < 1.29 is 13.2 Å². The van der Waals surface area contributed by atoms with Crippen molar-refractivity contribution in [3.8, 4) is 0 Å². The molecule has 0 spiro atoms. The van der Waals surface area contributed by atoms with E-state index in [1.807, 2.05) is 66.7 Å². The maximum Gasteiger partial charge on any atom is 0.258 e. The van der Waals surface area contributed by atoms with Gasteiger partial charge in [0.05, 0.1) is 23.2 Å². The quantitative estimate of drug-likeness (QED) is 0.390. The molecule has 1 heterocycles. The SMILES string of the molecule is CCN(CC)CCN(c1ccc(NC(=C2C(=O)Nc3ccccc32)c2ccccc2)cc1)S(C)(=O)=O. The Labute approximate surface area is 213 Å². The first-order valence-corrected chi connectivity index (χ1v) is 13.9. The number of para-hydroxylation sites is 1. The summed E-state index contributed by atoms with van der Waals surface area (Å²) in [6.07, 6.45) is 1.23. The molecule has 0 radical (unpaired) electrons. The summed E-state index contributed by atoms with van der Waals surface area (Å²) >= 11 is 0. The highest BCUT2D eigenvalue weighted by atomic mass is 32.2. The molecule has 7 nitrogen and oxygen atoms in total. The number of hydrogen-bond donors (Lipinski definition) is 2. The highest BCUT2D eigenvalue weighted by Gasteiger charge is 2.28. The summed E-state index contributed by atoms with van der Waals surface area (Å²) in [6.45, 7) is 6.89. The molecule has 8 heteroatoms. The molecule has 36 heavy (non-hydrogen) atoms. The van der Waals surface area contributed by atoms with Crippen LogP contribution >= 0.6 is 0 Å². The van der Waals surface area contributed by atoms with Crippen molar-refractivity contribution in [2.45, 2.75) is 13.8 Å². The zero-order valence-corrected chi connectivity index (χ0v) is 21.7. The molecule has 1 aliphatic heterocycles. The van der Waals surface area contributed by atoms with E-state index < -0.39 is 10.0 Å². The maximum absolute atomic E-state index is 13.0. The fourth-order valence-corrected chi connectivity index (χ4v) is 5.28. The molecule has 1 aliphatic rings. The molecule has 0 bridgehead atoms. The summed E-state index contributed by atoms with van der Waals surface area (Å²) in [7, 11) is -3.44. The summed E-state index contributed by atoms with van der Waals surface area (Å²) in [5, 5.41) is 6.37. The van der Waals surface area contributed by atoms with Gasteiger partial charge in [0.25, 0.3) is 5.91 Å². The molecule has 0 aromatic heterocycles. The van der Waals surface area contributed by atoms with Crippen molar-refractivity contribution in [2.75, 3.05) is 47.4 Å². The highest BCUT2D eigenvalue weighted by molar-refractivity contribution is 7.92. The Hall–Kier alpha value is -3.62. The van der Waals surface area contributed by atoms with Gasteiger partial charge in [-0.25, -0.2) is 8.42 Å². The van der Waals surface area contributed by atoms with E-state index in [1.54, 1.807) is 12.1 Å². The summed E-state index contributed by atoms with van der Waals surface area (Å²) < 4.78 is 26.5. The molecule has 0 saturated heterocycles. The van der Waals surface area contributed by atoms with Gasteiger partial charge in [-0.1, -0.05) is 62.4 Å². The molecule has 0 fully saturated rings. The largest absolute Gasteiger partial charge is 0.354 e. The molecule has 4 rings (SSSR count). The predicted molar refractivity (Wildman–Crippen MR) is 148 cm³/mol. The zero-order valence-electron chi connectivity index (χ0n) is 20.9. The number of sulfonamides is 1. The van der Waals surface area contributed by atoms with Crippen LogP contribution in [-0.2, 0) is 14.8 Å². The van der Waals surface area contributed by atoms with Gasteiger partial charge in [-0.3, -0.25) is 9.10 Å². The molecule has 0 unspecified atom stereocenters. The smallest absolute Gasteiger partial charge is 0.258 e. The second-order valence-electron chi connectivity index (χ2n) is 8.65. The Balaban J connectivity index is 1.67. The third-order valence-electron chi connectivity index (χ3n) is 6.32. The minimum Gasteiger partial charge on any atom is -0.354 e. The Morgan fingerprint density at radius 3 is 2.14 bits per heavy atom. The molecule has 3 aromatic rings. The van der Waals surface area contributed by atoms with Crippen LogP contribution in [0.3, 0.4) is 0 Å². The molecule has 0 atom stereocenters. The first kappa shape index (κ1) is 25.5. The lowest BCUT2D eigenvalue weighted by Gasteiger charge is -2.26. The minimum absolute atomic E-state index is 0.168. The van der Waals surface area contributed by atoms with Crippen LogP contribution in [0, 0.1) is 0 Å². The summed E-state index contributed by atoms with van der Waals surface area (Å²) in [5.41, 5.74) is 5.10. The highest BCUT2D eigenvalue weighted by Crippen LogP contribution is 2.37. The summed E-state index contributed by atoms with van der Waals surface area (Å²) in [6, 6.07) is 24.6. The third kappa shape index (κ3) is 5.61. The molecule has 0 saturated carbocycles. The molecular formula is C28H32N4O3S. The average Bonchev–Trinajstić information content (AvgIpc) is 3.21. The summed E-state index contributed by atoms with van der Waals surface area (Å²) in [5.74, 6) is -0.168. The van der Waals surface area contributed by atoms with Crippen molar-refractivity contribution in [1.82, 2.24) is 4.90 Å². The Kier molecular flexibility index (Phi) is 7.76. The number of nitrogens with zero attached hydrogens (tertiary/aromatic N) is 2. The van der Waals surface area contributed by atoms with Crippen LogP contribution in [-0.4, -0.2) is 51.7 Å². The van der Waals surface area contributed by atoms with Crippen molar-refractivity contribution in [2.24, 2.45) is 0 Å². The number of nitrogens with one attached hydrogen (secondary N) is 2. The number of carbonyl (C=O) groups is 1. The van der Waals surface area contributed by atoms with E-state index >= 15 is 0 Å². The number of anilines is 3. The summed E-state index contributed by atoms with van der Waals surface area (Å²) in [4.78, 5) is 15.2. The van der Waals surface area contributed by atoms with Crippen LogP contribution in [0.1, 0.15) is 25.0 Å². The molecule has 1 amide bonds. The van der Waals surface area contributed by atoms with Crippen LogP contribution in [0.15, 0.2) is 78.9 Å². The van der Waals surface area contributed by atoms with E-state index in [4.69, 9.17) is 0 Å².